The lowest BCUT2D eigenvalue weighted by Crippen LogP contribution is -2.46. The van der Waals surface area contributed by atoms with Crippen LogP contribution in [-0.2, 0) is 4.79 Å². The summed E-state index contributed by atoms with van der Waals surface area (Å²) in [5.74, 6) is -0.897. The van der Waals surface area contributed by atoms with E-state index in [1.807, 2.05) is 11.8 Å². The molecule has 0 spiro atoms. The van der Waals surface area contributed by atoms with Gasteiger partial charge in [0.15, 0.2) is 0 Å². The first kappa shape index (κ1) is 13.8. The summed E-state index contributed by atoms with van der Waals surface area (Å²) < 4.78 is 0. The van der Waals surface area contributed by atoms with Crippen molar-refractivity contribution in [3.05, 3.63) is 0 Å². The van der Waals surface area contributed by atoms with Crippen LogP contribution in [0.25, 0.3) is 0 Å². The first-order valence-electron chi connectivity index (χ1n) is 6.16. The lowest BCUT2D eigenvalue weighted by atomic mass is 9.94. The molecule has 0 heterocycles. The Kier molecular flexibility index (Phi) is 4.37. The van der Waals surface area contributed by atoms with Gasteiger partial charge in [0.25, 0.3) is 0 Å². The molecule has 1 rings (SSSR count). The monoisotopic (exact) mass is 242 g/mol. The Morgan fingerprint density at radius 2 is 2.00 bits per heavy atom. The molecule has 5 nitrogen and oxygen atoms in total. The average Bonchev–Trinajstić information content (AvgIpc) is 3.06. The maximum absolute atomic E-state index is 11.9. The summed E-state index contributed by atoms with van der Waals surface area (Å²) in [6.07, 6.45) is 3.05. The molecule has 0 bridgehead atoms. The van der Waals surface area contributed by atoms with E-state index in [-0.39, 0.29) is 12.6 Å². The maximum Gasteiger partial charge on any atom is 0.317 e. The molecule has 0 aromatic carbocycles. The van der Waals surface area contributed by atoms with Gasteiger partial charge in [-0.3, -0.25) is 4.79 Å². The summed E-state index contributed by atoms with van der Waals surface area (Å²) in [6.45, 7) is 6.15. The van der Waals surface area contributed by atoms with Crippen LogP contribution >= 0.6 is 0 Å². The Balaban J connectivity index is 2.44. The molecular formula is C12H22N2O3. The van der Waals surface area contributed by atoms with Gasteiger partial charge in [0.05, 0.1) is 5.41 Å². The van der Waals surface area contributed by atoms with E-state index >= 15 is 0 Å². The van der Waals surface area contributed by atoms with Crippen LogP contribution in [0.5, 0.6) is 0 Å². The standard InChI is InChI=1S/C12H22N2O3/c1-4-7-14(9-5-6-9)11(17)13-8-12(2,3)10(15)16/h9H,4-8H2,1-3H3,(H,13,17)(H,15,16). The molecule has 2 amide bonds. The van der Waals surface area contributed by atoms with Gasteiger partial charge in [-0.25, -0.2) is 4.79 Å². The Bertz CT molecular complexity index is 298. The molecule has 2 N–H and O–H groups in total. The smallest absolute Gasteiger partial charge is 0.317 e. The van der Waals surface area contributed by atoms with Gasteiger partial charge < -0.3 is 15.3 Å². The molecule has 1 aliphatic rings. The Morgan fingerprint density at radius 1 is 1.41 bits per heavy atom. The average molecular weight is 242 g/mol. The number of rotatable bonds is 6. The van der Waals surface area contributed by atoms with Gasteiger partial charge in [0, 0.05) is 19.1 Å². The number of amides is 2. The second-order valence-electron chi connectivity index (χ2n) is 5.27. The van der Waals surface area contributed by atoms with Gasteiger partial charge in [-0.15, -0.1) is 0 Å². The molecule has 1 saturated carbocycles. The summed E-state index contributed by atoms with van der Waals surface area (Å²) in [5.41, 5.74) is -0.920. The zero-order valence-corrected chi connectivity index (χ0v) is 10.8. The van der Waals surface area contributed by atoms with Gasteiger partial charge in [-0.1, -0.05) is 6.92 Å². The highest BCUT2D eigenvalue weighted by Gasteiger charge is 2.33. The number of hydrogen-bond donors (Lipinski definition) is 2. The number of carboxylic acid groups (broad SMARTS) is 1. The molecule has 0 unspecified atom stereocenters. The SMILES string of the molecule is CCCN(C(=O)NCC(C)(C)C(=O)O)C1CC1. The number of carbonyl (C=O) groups excluding carboxylic acids is 1. The topological polar surface area (TPSA) is 69.6 Å². The molecule has 1 fully saturated rings. The molecule has 5 heteroatoms. The number of aliphatic carboxylic acids is 1. The summed E-state index contributed by atoms with van der Waals surface area (Å²) in [5, 5.41) is 11.7. The van der Waals surface area contributed by atoms with E-state index in [0.717, 1.165) is 25.8 Å². The normalized spacial score (nSPS) is 15.5. The Hall–Kier alpha value is -1.26. The van der Waals surface area contributed by atoms with Crippen LogP contribution in [0, 0.1) is 5.41 Å². The number of urea groups is 1. The van der Waals surface area contributed by atoms with Crippen molar-refractivity contribution < 1.29 is 14.7 Å². The molecule has 0 aliphatic heterocycles. The van der Waals surface area contributed by atoms with Crippen LogP contribution in [0.2, 0.25) is 0 Å². The minimum atomic E-state index is -0.920. The van der Waals surface area contributed by atoms with Crippen molar-refractivity contribution in [3.63, 3.8) is 0 Å². The van der Waals surface area contributed by atoms with E-state index in [1.165, 1.54) is 0 Å². The first-order valence-corrected chi connectivity index (χ1v) is 6.16. The van der Waals surface area contributed by atoms with Crippen molar-refractivity contribution in [1.29, 1.82) is 0 Å². The fourth-order valence-corrected chi connectivity index (χ4v) is 1.55. The Labute approximate surface area is 102 Å². The Morgan fingerprint density at radius 3 is 2.41 bits per heavy atom. The van der Waals surface area contributed by atoms with Gasteiger partial charge in [0.1, 0.15) is 0 Å². The number of carboxylic acids is 1. The fraction of sp³-hybridized carbons (Fsp3) is 0.833. The van der Waals surface area contributed by atoms with Crippen molar-refractivity contribution in [2.75, 3.05) is 13.1 Å². The molecule has 0 radical (unpaired) electrons. The minimum Gasteiger partial charge on any atom is -0.481 e. The summed E-state index contributed by atoms with van der Waals surface area (Å²) >= 11 is 0. The van der Waals surface area contributed by atoms with E-state index in [2.05, 4.69) is 5.32 Å². The van der Waals surface area contributed by atoms with Gasteiger partial charge in [-0.2, -0.15) is 0 Å². The summed E-state index contributed by atoms with van der Waals surface area (Å²) in [4.78, 5) is 24.6. The third-order valence-electron chi connectivity index (χ3n) is 2.97. The van der Waals surface area contributed by atoms with E-state index in [9.17, 15) is 9.59 Å². The molecule has 17 heavy (non-hydrogen) atoms. The largest absolute Gasteiger partial charge is 0.481 e. The zero-order valence-electron chi connectivity index (χ0n) is 10.8. The minimum absolute atomic E-state index is 0.135. The summed E-state index contributed by atoms with van der Waals surface area (Å²) in [6, 6.07) is 0.228. The van der Waals surface area contributed by atoms with Gasteiger partial charge in [-0.05, 0) is 33.1 Å². The predicted octanol–water partition coefficient (Wildman–Crippen LogP) is 1.68. The zero-order chi connectivity index (χ0) is 13.1. The van der Waals surface area contributed by atoms with E-state index in [1.54, 1.807) is 13.8 Å². The van der Waals surface area contributed by atoms with Crippen LogP contribution in [-0.4, -0.2) is 41.1 Å². The van der Waals surface area contributed by atoms with Crippen LogP contribution in [0.3, 0.4) is 0 Å². The number of nitrogens with one attached hydrogen (secondary N) is 1. The number of hydrogen-bond acceptors (Lipinski definition) is 2. The third kappa shape index (κ3) is 3.91. The number of nitrogens with zero attached hydrogens (tertiary/aromatic N) is 1. The van der Waals surface area contributed by atoms with E-state index in [4.69, 9.17) is 5.11 Å². The van der Waals surface area contributed by atoms with Gasteiger partial charge >= 0.3 is 12.0 Å². The van der Waals surface area contributed by atoms with Gasteiger partial charge in [0.2, 0.25) is 0 Å². The van der Waals surface area contributed by atoms with Crippen LogP contribution in [0.4, 0.5) is 4.79 Å². The maximum atomic E-state index is 11.9. The number of carbonyl (C=O) groups is 2. The van der Waals surface area contributed by atoms with Crippen LogP contribution in [0.15, 0.2) is 0 Å². The summed E-state index contributed by atoms with van der Waals surface area (Å²) in [7, 11) is 0. The third-order valence-corrected chi connectivity index (χ3v) is 2.97. The second-order valence-corrected chi connectivity index (χ2v) is 5.27. The van der Waals surface area contributed by atoms with Crippen molar-refractivity contribution in [2.45, 2.75) is 46.1 Å². The molecule has 98 valence electrons. The van der Waals surface area contributed by atoms with Crippen molar-refractivity contribution >= 4 is 12.0 Å². The first-order chi connectivity index (χ1) is 7.88. The van der Waals surface area contributed by atoms with Crippen molar-refractivity contribution in [1.82, 2.24) is 10.2 Å². The highest BCUT2D eigenvalue weighted by atomic mass is 16.4. The van der Waals surface area contributed by atoms with Crippen LogP contribution in [0.1, 0.15) is 40.0 Å². The lowest BCUT2D eigenvalue weighted by molar-refractivity contribution is -0.146. The predicted molar refractivity (Wildman–Crippen MR) is 64.8 cm³/mol. The lowest BCUT2D eigenvalue weighted by Gasteiger charge is -2.25. The van der Waals surface area contributed by atoms with Crippen molar-refractivity contribution in [2.24, 2.45) is 5.41 Å². The molecule has 0 atom stereocenters. The molecule has 1 aliphatic carbocycles. The molecule has 0 aromatic heterocycles. The van der Waals surface area contributed by atoms with E-state index < -0.39 is 11.4 Å². The molecular weight excluding hydrogens is 220 g/mol. The van der Waals surface area contributed by atoms with Crippen molar-refractivity contribution in [3.8, 4) is 0 Å². The van der Waals surface area contributed by atoms with Crippen LogP contribution < -0.4 is 5.32 Å². The molecule has 0 saturated heterocycles. The molecule has 0 aromatic rings. The highest BCUT2D eigenvalue weighted by molar-refractivity contribution is 5.78. The fourth-order valence-electron chi connectivity index (χ4n) is 1.55. The quantitative estimate of drug-likeness (QED) is 0.744. The highest BCUT2D eigenvalue weighted by Crippen LogP contribution is 2.27. The van der Waals surface area contributed by atoms with E-state index in [0.29, 0.717) is 6.04 Å². The second kappa shape index (κ2) is 5.38.